The van der Waals surface area contributed by atoms with Gasteiger partial charge in [-0.2, -0.15) is 0 Å². The number of aromatic nitrogens is 1. The van der Waals surface area contributed by atoms with Gasteiger partial charge in [-0.05, 0) is 41.4 Å². The Balaban J connectivity index is 2.69. The average molecular weight is 229 g/mol. The van der Waals surface area contributed by atoms with E-state index in [0.29, 0.717) is 0 Å². The zero-order valence-electron chi connectivity index (χ0n) is 7.39. The van der Waals surface area contributed by atoms with Crippen LogP contribution in [0.15, 0.2) is 16.6 Å². The zero-order valence-corrected chi connectivity index (χ0v) is 8.98. The van der Waals surface area contributed by atoms with E-state index in [9.17, 15) is 0 Å². The Hall–Kier alpha value is -0.570. The highest BCUT2D eigenvalue weighted by molar-refractivity contribution is 9.10. The maximum atomic E-state index is 4.35. The van der Waals surface area contributed by atoms with Gasteiger partial charge in [-0.3, -0.25) is 0 Å². The highest BCUT2D eigenvalue weighted by Crippen LogP contribution is 2.15. The maximum Gasteiger partial charge on any atom is 0.126 e. The molecule has 0 atom stereocenters. The first-order valence-corrected chi connectivity index (χ1v) is 4.90. The second-order valence-corrected chi connectivity index (χ2v) is 3.54. The van der Waals surface area contributed by atoms with Crippen LogP contribution < -0.4 is 5.32 Å². The number of halogens is 1. The van der Waals surface area contributed by atoms with Crippen LogP contribution in [0.3, 0.4) is 0 Å². The summed E-state index contributed by atoms with van der Waals surface area (Å²) in [5, 5.41) is 3.23. The van der Waals surface area contributed by atoms with Crippen LogP contribution in [0, 0.1) is 6.92 Å². The molecule has 0 fully saturated rings. The Bertz CT molecular complexity index is 261. The van der Waals surface area contributed by atoms with Gasteiger partial charge in [-0.15, -0.1) is 0 Å². The van der Waals surface area contributed by atoms with Crippen LogP contribution in [-0.4, -0.2) is 11.5 Å². The summed E-state index contributed by atoms with van der Waals surface area (Å²) >= 11 is 3.41. The summed E-state index contributed by atoms with van der Waals surface area (Å²) < 4.78 is 1.06. The van der Waals surface area contributed by atoms with Crippen LogP contribution in [0.1, 0.15) is 19.0 Å². The molecule has 0 amide bonds. The monoisotopic (exact) mass is 228 g/mol. The third kappa shape index (κ3) is 2.48. The van der Waals surface area contributed by atoms with Crippen molar-refractivity contribution in [3.8, 4) is 0 Å². The van der Waals surface area contributed by atoms with Gasteiger partial charge >= 0.3 is 0 Å². The van der Waals surface area contributed by atoms with Gasteiger partial charge in [-0.25, -0.2) is 4.98 Å². The molecule has 1 aromatic rings. The van der Waals surface area contributed by atoms with Gasteiger partial charge < -0.3 is 5.32 Å². The zero-order chi connectivity index (χ0) is 8.97. The fraction of sp³-hybridized carbons (Fsp3) is 0.444. The van der Waals surface area contributed by atoms with Crippen LogP contribution in [0.4, 0.5) is 5.82 Å². The van der Waals surface area contributed by atoms with Gasteiger partial charge in [0.1, 0.15) is 5.82 Å². The lowest BCUT2D eigenvalue weighted by atomic mass is 10.3. The summed E-state index contributed by atoms with van der Waals surface area (Å²) in [6.07, 6.45) is 1.12. The summed E-state index contributed by atoms with van der Waals surface area (Å²) in [6, 6.07) is 3.99. The molecule has 12 heavy (non-hydrogen) atoms. The van der Waals surface area contributed by atoms with E-state index in [-0.39, 0.29) is 0 Å². The highest BCUT2D eigenvalue weighted by Gasteiger charge is 1.96. The lowest BCUT2D eigenvalue weighted by molar-refractivity contribution is 0.965. The van der Waals surface area contributed by atoms with Gasteiger partial charge in [0, 0.05) is 11.0 Å². The largest absolute Gasteiger partial charge is 0.370 e. The predicted molar refractivity (Wildman–Crippen MR) is 55.5 cm³/mol. The van der Waals surface area contributed by atoms with E-state index in [1.807, 2.05) is 19.1 Å². The molecule has 1 aromatic heterocycles. The van der Waals surface area contributed by atoms with Gasteiger partial charge in [-0.1, -0.05) is 6.92 Å². The number of nitrogens with zero attached hydrogens (tertiary/aromatic N) is 1. The van der Waals surface area contributed by atoms with Crippen molar-refractivity contribution in [3.05, 3.63) is 22.3 Å². The summed E-state index contributed by atoms with van der Waals surface area (Å²) in [7, 11) is 0. The molecular weight excluding hydrogens is 216 g/mol. The van der Waals surface area contributed by atoms with Crippen molar-refractivity contribution >= 4 is 21.7 Å². The normalized spacial score (nSPS) is 9.92. The minimum atomic E-state index is 0.956. The number of rotatable bonds is 3. The first-order chi connectivity index (χ1) is 5.74. The van der Waals surface area contributed by atoms with Crippen molar-refractivity contribution in [2.24, 2.45) is 0 Å². The molecule has 0 aliphatic heterocycles. The van der Waals surface area contributed by atoms with Gasteiger partial charge in [0.2, 0.25) is 0 Å². The molecule has 0 aromatic carbocycles. The average Bonchev–Trinajstić information content (AvgIpc) is 2.07. The molecule has 1 heterocycles. The smallest absolute Gasteiger partial charge is 0.126 e. The fourth-order valence-corrected chi connectivity index (χ4v) is 1.12. The third-order valence-electron chi connectivity index (χ3n) is 1.58. The minimum absolute atomic E-state index is 0.956. The van der Waals surface area contributed by atoms with E-state index in [4.69, 9.17) is 0 Å². The lowest BCUT2D eigenvalue weighted by Crippen LogP contribution is -2.02. The maximum absolute atomic E-state index is 4.35. The molecule has 0 aliphatic carbocycles. The topological polar surface area (TPSA) is 24.9 Å². The van der Waals surface area contributed by atoms with Crippen molar-refractivity contribution in [1.82, 2.24) is 4.98 Å². The minimum Gasteiger partial charge on any atom is -0.370 e. The number of nitrogens with one attached hydrogen (secondary N) is 1. The summed E-state index contributed by atoms with van der Waals surface area (Å²) in [5.41, 5.74) is 1.02. The molecule has 66 valence electrons. The molecule has 0 spiro atoms. The van der Waals surface area contributed by atoms with Crippen molar-refractivity contribution in [3.63, 3.8) is 0 Å². The molecule has 0 aliphatic rings. The quantitative estimate of drug-likeness (QED) is 0.861. The van der Waals surface area contributed by atoms with E-state index < -0.39 is 0 Å². The molecule has 1 N–H and O–H groups in total. The van der Waals surface area contributed by atoms with Crippen molar-refractivity contribution < 1.29 is 0 Å². The van der Waals surface area contributed by atoms with E-state index in [1.54, 1.807) is 0 Å². The first-order valence-electron chi connectivity index (χ1n) is 4.11. The first kappa shape index (κ1) is 9.52. The fourth-order valence-electron chi connectivity index (χ4n) is 0.896. The Labute approximate surface area is 81.5 Å². The highest BCUT2D eigenvalue weighted by atomic mass is 79.9. The van der Waals surface area contributed by atoms with E-state index in [0.717, 1.165) is 29.0 Å². The SMILES string of the molecule is CCCNc1ccc(Br)c(C)n1. The van der Waals surface area contributed by atoms with Crippen LogP contribution >= 0.6 is 15.9 Å². The van der Waals surface area contributed by atoms with Crippen LogP contribution in [0.25, 0.3) is 0 Å². The predicted octanol–water partition coefficient (Wildman–Crippen LogP) is 2.97. The van der Waals surface area contributed by atoms with E-state index in [2.05, 4.69) is 33.2 Å². The molecule has 3 heteroatoms. The molecule has 0 saturated heterocycles. The van der Waals surface area contributed by atoms with Crippen molar-refractivity contribution in [2.75, 3.05) is 11.9 Å². The van der Waals surface area contributed by atoms with Crippen molar-refractivity contribution in [2.45, 2.75) is 20.3 Å². The Morgan fingerprint density at radius 2 is 2.25 bits per heavy atom. The van der Waals surface area contributed by atoms with E-state index in [1.165, 1.54) is 0 Å². The van der Waals surface area contributed by atoms with Gasteiger partial charge in [0.15, 0.2) is 0 Å². The molecule has 0 saturated carbocycles. The number of hydrogen-bond donors (Lipinski definition) is 1. The molecule has 2 nitrogen and oxygen atoms in total. The second-order valence-electron chi connectivity index (χ2n) is 2.69. The lowest BCUT2D eigenvalue weighted by Gasteiger charge is -2.04. The molecular formula is C9H13BrN2. The van der Waals surface area contributed by atoms with Crippen LogP contribution in [0.5, 0.6) is 0 Å². The molecule has 0 bridgehead atoms. The summed E-state index contributed by atoms with van der Waals surface area (Å²) in [5.74, 6) is 0.956. The molecule has 1 rings (SSSR count). The number of aryl methyl sites for hydroxylation is 1. The number of hydrogen-bond acceptors (Lipinski definition) is 2. The Morgan fingerprint density at radius 3 is 2.83 bits per heavy atom. The summed E-state index contributed by atoms with van der Waals surface area (Å²) in [6.45, 7) is 5.11. The molecule has 0 radical (unpaired) electrons. The van der Waals surface area contributed by atoms with E-state index >= 15 is 0 Å². The summed E-state index contributed by atoms with van der Waals surface area (Å²) in [4.78, 5) is 4.35. The Morgan fingerprint density at radius 1 is 1.50 bits per heavy atom. The van der Waals surface area contributed by atoms with Gasteiger partial charge in [0.25, 0.3) is 0 Å². The Kier molecular flexibility index (Phi) is 3.53. The molecule has 0 unspecified atom stereocenters. The second kappa shape index (κ2) is 4.45. The van der Waals surface area contributed by atoms with Crippen LogP contribution in [-0.2, 0) is 0 Å². The third-order valence-corrected chi connectivity index (χ3v) is 2.42. The van der Waals surface area contributed by atoms with Crippen LogP contribution in [0.2, 0.25) is 0 Å². The number of pyridine rings is 1. The van der Waals surface area contributed by atoms with Gasteiger partial charge in [0.05, 0.1) is 5.69 Å². The standard InChI is InChI=1S/C9H13BrN2/c1-3-6-11-9-5-4-8(10)7(2)12-9/h4-5H,3,6H2,1-2H3,(H,11,12). The number of anilines is 1. The van der Waals surface area contributed by atoms with Crippen molar-refractivity contribution in [1.29, 1.82) is 0 Å².